The van der Waals surface area contributed by atoms with Crippen molar-refractivity contribution in [3.05, 3.63) is 35.9 Å². The van der Waals surface area contributed by atoms with Gasteiger partial charge in [0.1, 0.15) is 0 Å². The first kappa shape index (κ1) is 8.74. The van der Waals surface area contributed by atoms with Gasteiger partial charge < -0.3 is 4.74 Å². The van der Waals surface area contributed by atoms with Crippen molar-refractivity contribution >= 4 is 11.9 Å². The molecule has 1 aromatic rings. The number of hydrogen-bond acceptors (Lipinski definition) is 3. The minimum absolute atomic E-state index is 0.0937. The van der Waals surface area contributed by atoms with E-state index in [1.54, 1.807) is 0 Å². The summed E-state index contributed by atoms with van der Waals surface area (Å²) < 4.78 is 5.13. The summed E-state index contributed by atoms with van der Waals surface area (Å²) in [5.74, 6) is -0.193. The second-order valence-corrected chi connectivity index (χ2v) is 3.11. The summed E-state index contributed by atoms with van der Waals surface area (Å²) in [5, 5.41) is 7.35. The maximum atomic E-state index is 11.6. The molecule has 1 aliphatic heterocycles. The van der Waals surface area contributed by atoms with E-state index in [9.17, 15) is 4.79 Å². The molecule has 1 fully saturated rings. The highest BCUT2D eigenvalue weighted by atomic mass is 16.5. The second-order valence-electron chi connectivity index (χ2n) is 3.11. The van der Waals surface area contributed by atoms with Gasteiger partial charge in [-0.05, 0) is 0 Å². The molecular formula is C10H10N2O2. The van der Waals surface area contributed by atoms with Crippen molar-refractivity contribution < 1.29 is 9.53 Å². The topological polar surface area (TPSA) is 53.4 Å². The van der Waals surface area contributed by atoms with E-state index in [2.05, 4.69) is 0 Å². The van der Waals surface area contributed by atoms with E-state index in [1.165, 1.54) is 11.9 Å². The number of nitrogens with zero attached hydrogens (tertiary/aromatic N) is 1. The van der Waals surface area contributed by atoms with Crippen LogP contribution in [0, 0.1) is 5.41 Å². The lowest BCUT2D eigenvalue weighted by Gasteiger charge is -2.05. The van der Waals surface area contributed by atoms with Crippen molar-refractivity contribution in [3.63, 3.8) is 0 Å². The van der Waals surface area contributed by atoms with E-state index >= 15 is 0 Å². The molecule has 0 saturated carbocycles. The Hall–Kier alpha value is -1.84. The minimum atomic E-state index is -0.645. The van der Waals surface area contributed by atoms with Gasteiger partial charge in [0, 0.05) is 12.6 Å². The van der Waals surface area contributed by atoms with E-state index < -0.39 is 6.10 Å². The molecule has 14 heavy (non-hydrogen) atoms. The predicted molar refractivity (Wildman–Crippen MR) is 50.8 cm³/mol. The fourth-order valence-electron chi connectivity index (χ4n) is 1.36. The molecule has 4 nitrogen and oxygen atoms in total. The summed E-state index contributed by atoms with van der Waals surface area (Å²) in [7, 11) is 1.54. The van der Waals surface area contributed by atoms with Crippen LogP contribution in [0.3, 0.4) is 0 Å². The third-order valence-electron chi connectivity index (χ3n) is 2.19. The Labute approximate surface area is 81.6 Å². The quantitative estimate of drug-likeness (QED) is 0.722. The maximum Gasteiger partial charge on any atom is 0.292 e. The molecule has 0 spiro atoms. The van der Waals surface area contributed by atoms with Gasteiger partial charge in [0.2, 0.25) is 6.10 Å². The number of benzene rings is 1. The number of carbonyl (C=O) groups is 1. The molecule has 1 saturated heterocycles. The summed E-state index contributed by atoms with van der Waals surface area (Å²) in [4.78, 5) is 12.8. The third-order valence-corrected chi connectivity index (χ3v) is 2.19. The fraction of sp³-hybridized carbons (Fsp3) is 0.200. The lowest BCUT2D eigenvalue weighted by Crippen LogP contribution is -2.24. The summed E-state index contributed by atoms with van der Waals surface area (Å²) in [6.45, 7) is 0. The smallest absolute Gasteiger partial charge is 0.292 e. The number of rotatable bonds is 1. The van der Waals surface area contributed by atoms with Gasteiger partial charge in [0.15, 0.2) is 0 Å². The Morgan fingerprint density at radius 2 is 2.00 bits per heavy atom. The molecule has 1 atom stereocenters. The Balaban J connectivity index is 2.30. The van der Waals surface area contributed by atoms with E-state index in [4.69, 9.17) is 10.1 Å². The number of nitrogens with one attached hydrogen (secondary N) is 1. The number of amides is 1. The van der Waals surface area contributed by atoms with Crippen LogP contribution in [0.5, 0.6) is 0 Å². The van der Waals surface area contributed by atoms with Gasteiger partial charge >= 0.3 is 0 Å². The summed E-state index contributed by atoms with van der Waals surface area (Å²) in [6.07, 6.45) is -0.645. The molecule has 1 heterocycles. The monoisotopic (exact) mass is 190 g/mol. The largest absolute Gasteiger partial charge is 0.447 e. The van der Waals surface area contributed by atoms with Crippen LogP contribution >= 0.6 is 0 Å². The lowest BCUT2D eigenvalue weighted by molar-refractivity contribution is -0.129. The van der Waals surface area contributed by atoms with Crippen LogP contribution in [0.1, 0.15) is 11.7 Å². The number of ether oxygens (including phenoxy) is 1. The van der Waals surface area contributed by atoms with E-state index in [1.807, 2.05) is 30.3 Å². The summed E-state index contributed by atoms with van der Waals surface area (Å²) in [6, 6.07) is 9.09. The van der Waals surface area contributed by atoms with Crippen LogP contribution in [0.25, 0.3) is 0 Å². The van der Waals surface area contributed by atoms with Crippen molar-refractivity contribution in [2.45, 2.75) is 6.10 Å². The van der Waals surface area contributed by atoms with E-state index in [-0.39, 0.29) is 11.9 Å². The molecule has 0 aliphatic carbocycles. The van der Waals surface area contributed by atoms with Crippen LogP contribution in [0.2, 0.25) is 0 Å². The van der Waals surface area contributed by atoms with E-state index in [0.29, 0.717) is 0 Å². The zero-order chi connectivity index (χ0) is 10.1. The van der Waals surface area contributed by atoms with Crippen LogP contribution < -0.4 is 0 Å². The molecule has 1 aliphatic rings. The first-order chi connectivity index (χ1) is 6.70. The molecule has 4 heteroatoms. The number of hydrogen-bond donors (Lipinski definition) is 1. The number of amidine groups is 1. The predicted octanol–water partition coefficient (Wildman–Crippen LogP) is 1.15. The molecule has 0 aromatic heterocycles. The Morgan fingerprint density at radius 3 is 2.50 bits per heavy atom. The van der Waals surface area contributed by atoms with Crippen molar-refractivity contribution in [1.82, 2.24) is 4.90 Å². The average molecular weight is 190 g/mol. The van der Waals surface area contributed by atoms with Gasteiger partial charge in [-0.15, -0.1) is 0 Å². The van der Waals surface area contributed by atoms with Gasteiger partial charge in [-0.1, -0.05) is 30.3 Å². The number of carbonyl (C=O) groups excluding carboxylic acids is 1. The SMILES string of the molecule is CN1C(=N)OC(c2ccccc2)C1=O. The first-order valence-corrected chi connectivity index (χ1v) is 4.28. The van der Waals surface area contributed by atoms with Crippen molar-refractivity contribution in [2.24, 2.45) is 0 Å². The van der Waals surface area contributed by atoms with Crippen LogP contribution in [0.15, 0.2) is 30.3 Å². The highest BCUT2D eigenvalue weighted by Crippen LogP contribution is 2.25. The lowest BCUT2D eigenvalue weighted by atomic mass is 10.1. The van der Waals surface area contributed by atoms with Crippen LogP contribution in [-0.2, 0) is 9.53 Å². The molecule has 72 valence electrons. The first-order valence-electron chi connectivity index (χ1n) is 4.28. The second kappa shape index (κ2) is 3.14. The highest BCUT2D eigenvalue weighted by molar-refractivity contribution is 6.01. The van der Waals surface area contributed by atoms with Gasteiger partial charge in [0.25, 0.3) is 11.9 Å². The zero-order valence-corrected chi connectivity index (χ0v) is 7.73. The van der Waals surface area contributed by atoms with Crippen molar-refractivity contribution in [2.75, 3.05) is 7.05 Å². The Kier molecular flexibility index (Phi) is 1.96. The third kappa shape index (κ3) is 1.25. The highest BCUT2D eigenvalue weighted by Gasteiger charge is 2.36. The molecule has 0 radical (unpaired) electrons. The Bertz CT molecular complexity index is 375. The summed E-state index contributed by atoms with van der Waals surface area (Å²) in [5.41, 5.74) is 0.784. The van der Waals surface area contributed by atoms with Gasteiger partial charge in [-0.3, -0.25) is 15.1 Å². The minimum Gasteiger partial charge on any atom is -0.447 e. The number of likely N-dealkylation sites (N-methyl/N-ethyl adjacent to an activating group) is 1. The molecular weight excluding hydrogens is 180 g/mol. The standard InChI is InChI=1S/C10H10N2O2/c1-12-9(13)8(14-10(12)11)7-5-3-2-4-6-7/h2-6,8,11H,1H3. The van der Waals surface area contributed by atoms with Crippen LogP contribution in [-0.4, -0.2) is 23.9 Å². The van der Waals surface area contributed by atoms with Gasteiger partial charge in [0.05, 0.1) is 0 Å². The van der Waals surface area contributed by atoms with Crippen LogP contribution in [0.4, 0.5) is 0 Å². The van der Waals surface area contributed by atoms with Crippen molar-refractivity contribution in [3.8, 4) is 0 Å². The molecule has 1 amide bonds. The fourth-order valence-corrected chi connectivity index (χ4v) is 1.36. The molecule has 1 unspecified atom stereocenters. The molecule has 1 N–H and O–H groups in total. The maximum absolute atomic E-state index is 11.6. The Morgan fingerprint density at radius 1 is 1.36 bits per heavy atom. The molecule has 2 rings (SSSR count). The van der Waals surface area contributed by atoms with E-state index in [0.717, 1.165) is 5.56 Å². The molecule has 0 bridgehead atoms. The summed E-state index contributed by atoms with van der Waals surface area (Å²) >= 11 is 0. The van der Waals surface area contributed by atoms with Crippen molar-refractivity contribution in [1.29, 1.82) is 5.41 Å². The van der Waals surface area contributed by atoms with Gasteiger partial charge in [-0.25, -0.2) is 0 Å². The molecule has 1 aromatic carbocycles. The zero-order valence-electron chi connectivity index (χ0n) is 7.73. The van der Waals surface area contributed by atoms with Gasteiger partial charge in [-0.2, -0.15) is 0 Å². The normalized spacial score (nSPS) is 21.2. The average Bonchev–Trinajstić information content (AvgIpc) is 2.47.